The largest absolute Gasteiger partial charge is 0.474 e. The van der Waals surface area contributed by atoms with Gasteiger partial charge in [0.15, 0.2) is 0 Å². The van der Waals surface area contributed by atoms with Crippen molar-refractivity contribution in [1.82, 2.24) is 9.97 Å². The molecule has 6 nitrogen and oxygen atoms in total. The van der Waals surface area contributed by atoms with E-state index in [0.717, 1.165) is 0 Å². The van der Waals surface area contributed by atoms with Gasteiger partial charge in [0.05, 0.1) is 31.7 Å². The van der Waals surface area contributed by atoms with Gasteiger partial charge in [0, 0.05) is 19.9 Å². The zero-order valence-electron chi connectivity index (χ0n) is 9.39. The summed E-state index contributed by atoms with van der Waals surface area (Å²) in [4.78, 5) is 8.09. The molecule has 0 spiro atoms. The molecule has 0 saturated heterocycles. The molecule has 1 rings (SSSR count). The van der Waals surface area contributed by atoms with Gasteiger partial charge in [-0.05, 0) is 0 Å². The molecule has 0 saturated carbocycles. The van der Waals surface area contributed by atoms with Gasteiger partial charge in [-0.3, -0.25) is 4.98 Å². The van der Waals surface area contributed by atoms with Gasteiger partial charge in [-0.1, -0.05) is 0 Å². The molecule has 0 unspecified atom stereocenters. The zero-order valence-corrected chi connectivity index (χ0v) is 9.39. The van der Waals surface area contributed by atoms with Crippen molar-refractivity contribution in [1.29, 1.82) is 0 Å². The molecule has 0 aliphatic carbocycles. The Balaban J connectivity index is 2.16. The Morgan fingerprint density at radius 2 is 2.00 bits per heavy atom. The Morgan fingerprint density at radius 3 is 2.75 bits per heavy atom. The van der Waals surface area contributed by atoms with Crippen molar-refractivity contribution in [3.05, 3.63) is 18.1 Å². The van der Waals surface area contributed by atoms with E-state index in [1.807, 2.05) is 0 Å². The van der Waals surface area contributed by atoms with Crippen LogP contribution in [0, 0.1) is 0 Å². The van der Waals surface area contributed by atoms with Crippen molar-refractivity contribution in [2.24, 2.45) is 5.73 Å². The number of nitrogens with two attached hydrogens (primary N) is 1. The highest BCUT2D eigenvalue weighted by Gasteiger charge is 1.98. The minimum atomic E-state index is 0.356. The number of nitrogens with zero attached hydrogens (tertiary/aromatic N) is 2. The lowest BCUT2D eigenvalue weighted by molar-refractivity contribution is 0.0536. The monoisotopic (exact) mass is 227 g/mol. The molecule has 0 radical (unpaired) electrons. The van der Waals surface area contributed by atoms with E-state index in [2.05, 4.69) is 9.97 Å². The van der Waals surface area contributed by atoms with Crippen LogP contribution in [0.5, 0.6) is 5.88 Å². The van der Waals surface area contributed by atoms with Crippen molar-refractivity contribution in [2.45, 2.75) is 6.54 Å². The average molecular weight is 227 g/mol. The van der Waals surface area contributed by atoms with Crippen LogP contribution in [0.4, 0.5) is 0 Å². The van der Waals surface area contributed by atoms with Crippen LogP contribution >= 0.6 is 0 Å². The molecule has 0 bridgehead atoms. The van der Waals surface area contributed by atoms with Gasteiger partial charge in [0.25, 0.3) is 0 Å². The van der Waals surface area contributed by atoms with Crippen LogP contribution in [0.25, 0.3) is 0 Å². The number of rotatable bonds is 8. The van der Waals surface area contributed by atoms with Gasteiger partial charge in [0.2, 0.25) is 5.88 Å². The topological polar surface area (TPSA) is 79.5 Å². The van der Waals surface area contributed by atoms with E-state index in [-0.39, 0.29) is 0 Å². The lowest BCUT2D eigenvalue weighted by atomic mass is 10.4. The maximum absolute atomic E-state index is 5.43. The van der Waals surface area contributed by atoms with Crippen molar-refractivity contribution >= 4 is 0 Å². The molecule has 0 atom stereocenters. The number of hydrogen-bond donors (Lipinski definition) is 1. The second-order valence-corrected chi connectivity index (χ2v) is 3.01. The van der Waals surface area contributed by atoms with E-state index in [4.69, 9.17) is 19.9 Å². The van der Waals surface area contributed by atoms with Crippen LogP contribution in [0.2, 0.25) is 0 Å². The Hall–Kier alpha value is -1.24. The highest BCUT2D eigenvalue weighted by Crippen LogP contribution is 2.03. The van der Waals surface area contributed by atoms with E-state index in [9.17, 15) is 0 Å². The van der Waals surface area contributed by atoms with E-state index in [1.54, 1.807) is 19.5 Å². The van der Waals surface area contributed by atoms with E-state index in [0.29, 0.717) is 44.5 Å². The SMILES string of the molecule is COCCOCCOc1cncc(CN)n1. The van der Waals surface area contributed by atoms with Crippen molar-refractivity contribution in [3.63, 3.8) is 0 Å². The molecule has 6 heteroatoms. The summed E-state index contributed by atoms with van der Waals surface area (Å²) in [6.07, 6.45) is 3.16. The van der Waals surface area contributed by atoms with Gasteiger partial charge in [-0.15, -0.1) is 0 Å². The van der Waals surface area contributed by atoms with Crippen LogP contribution in [0.1, 0.15) is 5.69 Å². The molecule has 1 heterocycles. The average Bonchev–Trinajstić information content (AvgIpc) is 2.34. The van der Waals surface area contributed by atoms with Gasteiger partial charge < -0.3 is 19.9 Å². The molecular weight excluding hydrogens is 210 g/mol. The third-order valence-electron chi connectivity index (χ3n) is 1.78. The summed E-state index contributed by atoms with van der Waals surface area (Å²) in [6.45, 7) is 2.44. The van der Waals surface area contributed by atoms with Crippen molar-refractivity contribution < 1.29 is 14.2 Å². The first kappa shape index (κ1) is 12.8. The summed E-state index contributed by atoms with van der Waals surface area (Å²) in [5.41, 5.74) is 6.14. The molecule has 16 heavy (non-hydrogen) atoms. The van der Waals surface area contributed by atoms with Gasteiger partial charge in [-0.25, -0.2) is 4.98 Å². The molecule has 0 aliphatic heterocycles. The minimum absolute atomic E-state index is 0.356. The molecular formula is C10H17N3O3. The summed E-state index contributed by atoms with van der Waals surface area (Å²) in [5.74, 6) is 0.471. The first-order valence-corrected chi connectivity index (χ1v) is 5.07. The summed E-state index contributed by atoms with van der Waals surface area (Å²) in [5, 5.41) is 0. The first-order valence-electron chi connectivity index (χ1n) is 5.07. The molecule has 0 fully saturated rings. The molecule has 0 aromatic carbocycles. The summed E-state index contributed by atoms with van der Waals surface area (Å²) >= 11 is 0. The van der Waals surface area contributed by atoms with Gasteiger partial charge >= 0.3 is 0 Å². The second-order valence-electron chi connectivity index (χ2n) is 3.01. The maximum Gasteiger partial charge on any atom is 0.232 e. The smallest absolute Gasteiger partial charge is 0.232 e. The zero-order chi connectivity index (χ0) is 11.6. The van der Waals surface area contributed by atoms with Crippen LogP contribution < -0.4 is 10.5 Å². The fourth-order valence-corrected chi connectivity index (χ4v) is 1.00. The number of hydrogen-bond acceptors (Lipinski definition) is 6. The molecule has 1 aromatic rings. The number of aromatic nitrogens is 2. The third kappa shape index (κ3) is 5.01. The summed E-state index contributed by atoms with van der Waals surface area (Å²) < 4.78 is 15.4. The van der Waals surface area contributed by atoms with Crippen molar-refractivity contribution in [2.75, 3.05) is 33.5 Å². The van der Waals surface area contributed by atoms with Gasteiger partial charge in [0.1, 0.15) is 6.61 Å². The molecule has 0 amide bonds. The van der Waals surface area contributed by atoms with E-state index in [1.165, 1.54) is 0 Å². The van der Waals surface area contributed by atoms with Crippen LogP contribution in [0.3, 0.4) is 0 Å². The lowest BCUT2D eigenvalue weighted by Crippen LogP contribution is -2.11. The van der Waals surface area contributed by atoms with Gasteiger partial charge in [-0.2, -0.15) is 0 Å². The second kappa shape index (κ2) is 7.98. The summed E-state index contributed by atoms with van der Waals surface area (Å²) in [7, 11) is 1.63. The van der Waals surface area contributed by atoms with Crippen LogP contribution in [-0.4, -0.2) is 43.5 Å². The summed E-state index contributed by atoms with van der Waals surface area (Å²) in [6, 6.07) is 0. The molecule has 0 aliphatic rings. The standard InChI is InChI=1S/C10H17N3O3/c1-14-2-3-15-4-5-16-10-8-12-7-9(6-11)13-10/h7-8H,2-6,11H2,1H3. The van der Waals surface area contributed by atoms with Crippen LogP contribution in [0.15, 0.2) is 12.4 Å². The minimum Gasteiger partial charge on any atom is -0.474 e. The highest BCUT2D eigenvalue weighted by atomic mass is 16.5. The van der Waals surface area contributed by atoms with Crippen LogP contribution in [-0.2, 0) is 16.0 Å². The Labute approximate surface area is 94.7 Å². The predicted molar refractivity (Wildman–Crippen MR) is 58.1 cm³/mol. The Bertz CT molecular complexity index is 296. The number of methoxy groups -OCH3 is 1. The van der Waals surface area contributed by atoms with E-state index >= 15 is 0 Å². The highest BCUT2D eigenvalue weighted by molar-refractivity contribution is 5.07. The Kier molecular flexibility index (Phi) is 6.39. The maximum atomic E-state index is 5.43. The molecule has 90 valence electrons. The first-order chi connectivity index (χ1) is 7.86. The quantitative estimate of drug-likeness (QED) is 0.629. The molecule has 1 aromatic heterocycles. The number of ether oxygens (including phenoxy) is 3. The third-order valence-corrected chi connectivity index (χ3v) is 1.78. The predicted octanol–water partition coefficient (Wildman–Crippen LogP) is -0.0229. The fraction of sp³-hybridized carbons (Fsp3) is 0.600. The normalized spacial score (nSPS) is 10.4. The van der Waals surface area contributed by atoms with Crippen molar-refractivity contribution in [3.8, 4) is 5.88 Å². The lowest BCUT2D eigenvalue weighted by Gasteiger charge is -2.06. The fourth-order valence-electron chi connectivity index (χ4n) is 1.00. The Morgan fingerprint density at radius 1 is 1.19 bits per heavy atom. The molecule has 2 N–H and O–H groups in total. The van der Waals surface area contributed by atoms with E-state index < -0.39 is 0 Å².